The summed E-state index contributed by atoms with van der Waals surface area (Å²) < 4.78 is 23.6. The summed E-state index contributed by atoms with van der Waals surface area (Å²) in [6, 6.07) is 7.20. The monoisotopic (exact) mass is 712 g/mol. The molecule has 2 heterocycles. The Morgan fingerprint density at radius 1 is 1.17 bits per heavy atom. The molecule has 0 spiro atoms. The van der Waals surface area contributed by atoms with Crippen LogP contribution in [0.2, 0.25) is 5.02 Å². The third kappa shape index (κ3) is 6.44. The Morgan fingerprint density at radius 3 is 2.61 bits per heavy atom. The topological polar surface area (TPSA) is 126 Å². The second kappa shape index (κ2) is 13.1. The molecule has 41 heavy (non-hydrogen) atoms. The molecule has 0 unspecified atom stereocenters. The minimum absolute atomic E-state index is 0.00956. The first-order valence-corrected chi connectivity index (χ1v) is 14.7. The molecule has 4 rings (SSSR count). The van der Waals surface area contributed by atoms with Crippen molar-refractivity contribution in [3.63, 3.8) is 0 Å². The molecular weight excluding hydrogens is 687 g/mol. The fourth-order valence-corrected chi connectivity index (χ4v) is 6.32. The highest BCUT2D eigenvalue weighted by Crippen LogP contribution is 2.36. The molecule has 0 bridgehead atoms. The maximum absolute atomic E-state index is 13.9. The SMILES string of the molecule is CCOC(=O)C1=C(C)N=c2s/c(=C\c3cc(Cl)cc(I)c3O)c(=O)n2[C@@H]1c1ccc(OCC(=O)OC)c(OCC)c1. The van der Waals surface area contributed by atoms with Crippen molar-refractivity contribution in [2.75, 3.05) is 26.9 Å². The summed E-state index contributed by atoms with van der Waals surface area (Å²) in [5.74, 6) is -0.582. The maximum Gasteiger partial charge on any atom is 0.343 e. The van der Waals surface area contributed by atoms with E-state index in [1.807, 2.05) is 22.6 Å². The number of aromatic hydroxyl groups is 1. The quantitative estimate of drug-likeness (QED) is 0.263. The predicted octanol–water partition coefficient (Wildman–Crippen LogP) is 3.71. The van der Waals surface area contributed by atoms with Crippen molar-refractivity contribution in [1.29, 1.82) is 0 Å². The van der Waals surface area contributed by atoms with E-state index in [9.17, 15) is 19.5 Å². The molecule has 1 aromatic heterocycles. The number of hydrogen-bond acceptors (Lipinski definition) is 10. The van der Waals surface area contributed by atoms with Crippen LogP contribution in [-0.2, 0) is 19.1 Å². The first-order valence-electron chi connectivity index (χ1n) is 12.4. The standard InChI is InChI=1S/C28H26ClIN2O8S/c1-5-38-20-10-15(7-8-19(20)40-13-22(33)37-4)24-23(27(36)39-6-2)14(3)31-28-32(24)26(35)21(41-28)11-16-9-17(29)12-18(30)25(16)34/h7-12,24,34H,5-6,13H2,1-4H3/b21-11-/t24-/m1/s1. The highest BCUT2D eigenvalue weighted by Gasteiger charge is 2.34. The van der Waals surface area contributed by atoms with Crippen molar-refractivity contribution >= 4 is 63.5 Å². The zero-order chi connectivity index (χ0) is 29.8. The number of rotatable bonds is 9. The second-order valence-electron chi connectivity index (χ2n) is 8.63. The molecule has 1 N–H and O–H groups in total. The van der Waals surface area contributed by atoms with Crippen molar-refractivity contribution in [3.05, 3.63) is 81.0 Å². The van der Waals surface area contributed by atoms with E-state index in [4.69, 9.17) is 25.8 Å². The van der Waals surface area contributed by atoms with Crippen LogP contribution in [-0.4, -0.2) is 48.5 Å². The van der Waals surface area contributed by atoms with Gasteiger partial charge in [-0.2, -0.15) is 0 Å². The Hall–Kier alpha value is -3.36. The number of methoxy groups -OCH3 is 1. The van der Waals surface area contributed by atoms with Crippen molar-refractivity contribution in [2.24, 2.45) is 4.99 Å². The van der Waals surface area contributed by atoms with E-state index in [1.165, 1.54) is 11.7 Å². The van der Waals surface area contributed by atoms with Crippen LogP contribution in [0, 0.1) is 3.57 Å². The number of thiazole rings is 1. The van der Waals surface area contributed by atoms with E-state index in [2.05, 4.69) is 9.73 Å². The number of hydrogen-bond donors (Lipinski definition) is 1. The maximum atomic E-state index is 13.9. The van der Waals surface area contributed by atoms with Gasteiger partial charge in [0, 0.05) is 10.6 Å². The lowest BCUT2D eigenvalue weighted by Gasteiger charge is -2.25. The fourth-order valence-electron chi connectivity index (χ4n) is 4.22. The van der Waals surface area contributed by atoms with E-state index in [-0.39, 0.29) is 34.8 Å². The number of esters is 2. The van der Waals surface area contributed by atoms with Crippen LogP contribution >= 0.6 is 45.5 Å². The lowest BCUT2D eigenvalue weighted by Crippen LogP contribution is -2.40. The molecule has 2 aromatic carbocycles. The zero-order valence-electron chi connectivity index (χ0n) is 22.5. The molecule has 0 saturated carbocycles. The Kier molecular flexibility index (Phi) is 9.76. The minimum Gasteiger partial charge on any atom is -0.506 e. The number of nitrogens with zero attached hydrogens (tertiary/aromatic N) is 2. The normalized spacial score (nSPS) is 14.8. The Morgan fingerprint density at radius 2 is 1.93 bits per heavy atom. The van der Waals surface area contributed by atoms with Gasteiger partial charge in [0.2, 0.25) is 0 Å². The average Bonchev–Trinajstić information content (AvgIpc) is 3.23. The third-order valence-corrected chi connectivity index (χ3v) is 8.04. The van der Waals surface area contributed by atoms with E-state index in [1.54, 1.807) is 57.2 Å². The number of ether oxygens (including phenoxy) is 4. The van der Waals surface area contributed by atoms with E-state index in [0.717, 1.165) is 11.3 Å². The molecule has 13 heteroatoms. The number of aromatic nitrogens is 1. The van der Waals surface area contributed by atoms with Gasteiger partial charge in [-0.15, -0.1) is 0 Å². The number of fused-ring (bicyclic) bond motifs is 1. The van der Waals surface area contributed by atoms with Crippen LogP contribution in [0.3, 0.4) is 0 Å². The fraction of sp³-hybridized carbons (Fsp3) is 0.286. The molecule has 1 aliphatic rings. The molecule has 0 fully saturated rings. The van der Waals surface area contributed by atoms with Gasteiger partial charge in [-0.3, -0.25) is 9.36 Å². The van der Waals surface area contributed by atoms with Crippen LogP contribution in [0.4, 0.5) is 0 Å². The molecule has 0 saturated heterocycles. The summed E-state index contributed by atoms with van der Waals surface area (Å²) in [4.78, 5) is 43.6. The number of halogens is 2. The van der Waals surface area contributed by atoms with Crippen molar-refractivity contribution in [3.8, 4) is 17.2 Å². The lowest BCUT2D eigenvalue weighted by molar-refractivity contribution is -0.143. The number of carbonyl (C=O) groups excluding carboxylic acids is 2. The van der Waals surface area contributed by atoms with Crippen LogP contribution in [0.5, 0.6) is 17.2 Å². The summed E-state index contributed by atoms with van der Waals surface area (Å²) in [6.07, 6.45) is 1.54. The zero-order valence-corrected chi connectivity index (χ0v) is 26.3. The van der Waals surface area contributed by atoms with Gasteiger partial charge in [0.25, 0.3) is 5.56 Å². The van der Waals surface area contributed by atoms with Crippen LogP contribution in [0.25, 0.3) is 6.08 Å². The van der Waals surface area contributed by atoms with Gasteiger partial charge >= 0.3 is 11.9 Å². The molecular formula is C28H26ClIN2O8S. The van der Waals surface area contributed by atoms with Crippen LogP contribution in [0.1, 0.15) is 37.9 Å². The minimum atomic E-state index is -0.908. The first kappa shape index (κ1) is 30.6. The van der Waals surface area contributed by atoms with Crippen LogP contribution < -0.4 is 24.4 Å². The average molecular weight is 713 g/mol. The molecule has 0 amide bonds. The molecule has 0 radical (unpaired) electrons. The molecule has 0 aliphatic carbocycles. The number of phenols is 1. The Balaban J connectivity index is 1.93. The number of benzene rings is 2. The summed E-state index contributed by atoms with van der Waals surface area (Å²) in [5.41, 5.74) is 1.06. The summed E-state index contributed by atoms with van der Waals surface area (Å²) in [7, 11) is 1.26. The van der Waals surface area contributed by atoms with Crippen LogP contribution in [0.15, 0.2) is 51.4 Å². The summed E-state index contributed by atoms with van der Waals surface area (Å²) >= 11 is 9.27. The van der Waals surface area contributed by atoms with E-state index >= 15 is 0 Å². The molecule has 3 aromatic rings. The summed E-state index contributed by atoms with van der Waals surface area (Å²) in [6.45, 7) is 5.26. The Bertz CT molecular complexity index is 1730. The largest absolute Gasteiger partial charge is 0.506 e. The first-order chi connectivity index (χ1) is 19.6. The van der Waals surface area contributed by atoms with E-state index < -0.39 is 23.5 Å². The molecule has 10 nitrogen and oxygen atoms in total. The van der Waals surface area contributed by atoms with Crippen molar-refractivity contribution in [1.82, 2.24) is 4.57 Å². The number of carbonyl (C=O) groups is 2. The lowest BCUT2D eigenvalue weighted by atomic mass is 9.95. The molecule has 1 atom stereocenters. The smallest absolute Gasteiger partial charge is 0.343 e. The van der Waals surface area contributed by atoms with Gasteiger partial charge in [-0.25, -0.2) is 14.6 Å². The number of allylic oxidation sites excluding steroid dienone is 1. The summed E-state index contributed by atoms with van der Waals surface area (Å²) in [5, 5.41) is 11.0. The van der Waals surface area contributed by atoms with Gasteiger partial charge < -0.3 is 24.1 Å². The van der Waals surface area contributed by atoms with Gasteiger partial charge in [0.05, 0.1) is 45.7 Å². The van der Waals surface area contributed by atoms with Crippen molar-refractivity contribution < 1.29 is 33.6 Å². The highest BCUT2D eigenvalue weighted by molar-refractivity contribution is 14.1. The Labute approximate surface area is 257 Å². The highest BCUT2D eigenvalue weighted by atomic mass is 127. The van der Waals surface area contributed by atoms with Gasteiger partial charge in [0.15, 0.2) is 22.9 Å². The number of phenolic OH excluding ortho intramolecular Hbond substituents is 1. The second-order valence-corrected chi connectivity index (χ2v) is 11.2. The van der Waals surface area contributed by atoms with Gasteiger partial charge in [-0.1, -0.05) is 29.0 Å². The molecule has 216 valence electrons. The van der Waals surface area contributed by atoms with Gasteiger partial charge in [-0.05, 0) is 79.3 Å². The predicted molar refractivity (Wildman–Crippen MR) is 161 cm³/mol. The van der Waals surface area contributed by atoms with Crippen molar-refractivity contribution in [2.45, 2.75) is 26.8 Å². The third-order valence-electron chi connectivity index (χ3n) is 6.02. The molecule has 1 aliphatic heterocycles. The van der Waals surface area contributed by atoms with Gasteiger partial charge in [0.1, 0.15) is 5.75 Å². The van der Waals surface area contributed by atoms with E-state index in [0.29, 0.717) is 42.6 Å².